The van der Waals surface area contributed by atoms with E-state index in [1.165, 1.54) is 40.8 Å². The Morgan fingerprint density at radius 3 is 2.56 bits per heavy atom. The Morgan fingerprint density at radius 2 is 1.80 bits per heavy atom. The highest BCUT2D eigenvalue weighted by molar-refractivity contribution is 7.93. The van der Waals surface area contributed by atoms with Crippen molar-refractivity contribution in [2.75, 3.05) is 4.31 Å². The summed E-state index contributed by atoms with van der Waals surface area (Å²) in [7, 11) is -3.66. The van der Waals surface area contributed by atoms with Crippen molar-refractivity contribution in [2.24, 2.45) is 0 Å². The van der Waals surface area contributed by atoms with E-state index in [0.717, 1.165) is 0 Å². The lowest BCUT2D eigenvalue weighted by Crippen LogP contribution is -2.24. The van der Waals surface area contributed by atoms with Crippen molar-refractivity contribution in [1.29, 1.82) is 0 Å². The van der Waals surface area contributed by atoms with E-state index in [-0.39, 0.29) is 29.1 Å². The normalized spacial score (nSPS) is 15.0. The summed E-state index contributed by atoms with van der Waals surface area (Å²) in [6.45, 7) is 0.200. The number of fused-ring (bicyclic) bond motifs is 1. The van der Waals surface area contributed by atoms with Gasteiger partial charge < -0.3 is 4.74 Å². The Morgan fingerprint density at radius 1 is 1.04 bits per heavy atom. The van der Waals surface area contributed by atoms with E-state index in [9.17, 15) is 12.8 Å². The fraction of sp³-hybridized carbons (Fsp3) is 0.0588. The molecule has 25 heavy (non-hydrogen) atoms. The minimum absolute atomic E-state index is 0.0183. The fourth-order valence-electron chi connectivity index (χ4n) is 2.58. The third kappa shape index (κ3) is 2.80. The average Bonchev–Trinajstić information content (AvgIpc) is 2.89. The number of sulfonamides is 1. The Kier molecular flexibility index (Phi) is 3.61. The second-order valence-electron chi connectivity index (χ2n) is 5.37. The molecule has 1 aliphatic rings. The summed E-state index contributed by atoms with van der Waals surface area (Å²) >= 11 is 0. The van der Waals surface area contributed by atoms with Gasteiger partial charge in [0.1, 0.15) is 17.4 Å². The molecule has 1 aliphatic heterocycles. The standard InChI is InChI=1S/C17H12FN3O3S/c18-13-5-7-14(8-6-13)24-17-19-10-9-16(20-17)21-11-12-3-1-2-4-15(12)25(21,22)23/h1-10H,11H2. The first-order valence-corrected chi connectivity index (χ1v) is 8.85. The van der Waals surface area contributed by atoms with Gasteiger partial charge in [-0.1, -0.05) is 18.2 Å². The number of hydrogen-bond donors (Lipinski definition) is 0. The van der Waals surface area contributed by atoms with Crippen LogP contribution in [0, 0.1) is 5.82 Å². The summed E-state index contributed by atoms with van der Waals surface area (Å²) in [6.07, 6.45) is 1.42. The quantitative estimate of drug-likeness (QED) is 0.720. The summed E-state index contributed by atoms with van der Waals surface area (Å²) in [5.41, 5.74) is 0.710. The van der Waals surface area contributed by atoms with Crippen molar-refractivity contribution in [3.63, 3.8) is 0 Å². The van der Waals surface area contributed by atoms with Crippen molar-refractivity contribution in [2.45, 2.75) is 11.4 Å². The van der Waals surface area contributed by atoms with Crippen LogP contribution in [0.3, 0.4) is 0 Å². The number of halogens is 1. The second-order valence-corrected chi connectivity index (χ2v) is 7.20. The summed E-state index contributed by atoms with van der Waals surface area (Å²) in [5, 5.41) is 0. The predicted octanol–water partition coefficient (Wildman–Crippen LogP) is 3.12. The number of hydrogen-bond acceptors (Lipinski definition) is 5. The number of nitrogens with zero attached hydrogens (tertiary/aromatic N) is 3. The van der Waals surface area contributed by atoms with Gasteiger partial charge in [0, 0.05) is 12.3 Å². The van der Waals surface area contributed by atoms with E-state index in [0.29, 0.717) is 11.3 Å². The number of benzene rings is 2. The van der Waals surface area contributed by atoms with E-state index >= 15 is 0 Å². The molecule has 0 unspecified atom stereocenters. The first kappa shape index (κ1) is 15.5. The average molecular weight is 357 g/mol. The number of rotatable bonds is 3. The highest BCUT2D eigenvalue weighted by atomic mass is 32.2. The van der Waals surface area contributed by atoms with Crippen LogP contribution in [-0.2, 0) is 16.6 Å². The van der Waals surface area contributed by atoms with Crippen LogP contribution in [0.2, 0.25) is 0 Å². The van der Waals surface area contributed by atoms with Gasteiger partial charge in [0.25, 0.3) is 10.0 Å². The number of aromatic nitrogens is 2. The van der Waals surface area contributed by atoms with E-state index in [4.69, 9.17) is 4.74 Å². The summed E-state index contributed by atoms with van der Waals surface area (Å²) < 4.78 is 45.0. The molecular formula is C17H12FN3O3S. The molecule has 3 aromatic rings. The first-order chi connectivity index (χ1) is 12.0. The predicted molar refractivity (Wildman–Crippen MR) is 88.3 cm³/mol. The molecule has 126 valence electrons. The SMILES string of the molecule is O=S1(=O)c2ccccc2CN1c1ccnc(Oc2ccc(F)cc2)n1. The van der Waals surface area contributed by atoms with Crippen molar-refractivity contribution >= 4 is 15.8 Å². The van der Waals surface area contributed by atoms with E-state index in [1.807, 2.05) is 0 Å². The van der Waals surface area contributed by atoms with Gasteiger partial charge in [-0.15, -0.1) is 0 Å². The van der Waals surface area contributed by atoms with Crippen molar-refractivity contribution < 1.29 is 17.5 Å². The second kappa shape index (κ2) is 5.82. The number of ether oxygens (including phenoxy) is 1. The molecule has 2 aromatic carbocycles. The smallest absolute Gasteiger partial charge is 0.323 e. The minimum Gasteiger partial charge on any atom is -0.424 e. The summed E-state index contributed by atoms with van der Waals surface area (Å²) in [6, 6.07) is 13.7. The zero-order valence-corrected chi connectivity index (χ0v) is 13.6. The largest absolute Gasteiger partial charge is 0.424 e. The Bertz CT molecular complexity index is 1040. The Balaban J connectivity index is 1.65. The molecule has 1 aromatic heterocycles. The molecule has 4 rings (SSSR count). The fourth-order valence-corrected chi connectivity index (χ4v) is 4.19. The van der Waals surface area contributed by atoms with Crippen molar-refractivity contribution in [3.05, 3.63) is 72.2 Å². The Hall–Kier alpha value is -3.00. The molecule has 2 heterocycles. The van der Waals surface area contributed by atoms with Crippen LogP contribution < -0.4 is 9.04 Å². The van der Waals surface area contributed by atoms with E-state index in [1.54, 1.807) is 24.3 Å². The van der Waals surface area contributed by atoms with Crippen LogP contribution in [0.4, 0.5) is 10.2 Å². The summed E-state index contributed by atoms with van der Waals surface area (Å²) in [5.74, 6) is 0.178. The molecule has 0 fully saturated rings. The molecule has 0 atom stereocenters. The van der Waals surface area contributed by atoms with Crippen LogP contribution in [-0.4, -0.2) is 18.4 Å². The molecule has 0 saturated heterocycles. The maximum absolute atomic E-state index is 12.9. The van der Waals surface area contributed by atoms with Gasteiger partial charge in [0.05, 0.1) is 11.4 Å². The van der Waals surface area contributed by atoms with Crippen LogP contribution in [0.1, 0.15) is 5.56 Å². The molecule has 0 aliphatic carbocycles. The van der Waals surface area contributed by atoms with Gasteiger partial charge in [-0.25, -0.2) is 22.1 Å². The third-order valence-electron chi connectivity index (χ3n) is 3.75. The third-order valence-corrected chi connectivity index (χ3v) is 5.60. The summed E-state index contributed by atoms with van der Waals surface area (Å²) in [4.78, 5) is 8.42. The minimum atomic E-state index is -3.66. The molecule has 0 bridgehead atoms. The van der Waals surface area contributed by atoms with Gasteiger partial charge in [-0.3, -0.25) is 0 Å². The lowest BCUT2D eigenvalue weighted by molar-refractivity contribution is 0.440. The molecule has 0 amide bonds. The first-order valence-electron chi connectivity index (χ1n) is 7.41. The van der Waals surface area contributed by atoms with Gasteiger partial charge in [-0.05, 0) is 35.9 Å². The van der Waals surface area contributed by atoms with Gasteiger partial charge >= 0.3 is 6.01 Å². The lowest BCUT2D eigenvalue weighted by atomic mass is 10.2. The van der Waals surface area contributed by atoms with Crippen molar-refractivity contribution in [3.8, 4) is 11.8 Å². The van der Waals surface area contributed by atoms with Crippen molar-refractivity contribution in [1.82, 2.24) is 9.97 Å². The number of anilines is 1. The molecule has 0 saturated carbocycles. The maximum Gasteiger partial charge on any atom is 0.323 e. The van der Waals surface area contributed by atoms with E-state index < -0.39 is 10.0 Å². The molecule has 0 radical (unpaired) electrons. The molecule has 0 spiro atoms. The van der Waals surface area contributed by atoms with Crippen LogP contribution >= 0.6 is 0 Å². The molecule has 8 heteroatoms. The monoisotopic (exact) mass is 357 g/mol. The zero-order chi connectivity index (χ0) is 17.4. The van der Waals surface area contributed by atoms with E-state index in [2.05, 4.69) is 9.97 Å². The van der Waals surface area contributed by atoms with Gasteiger partial charge in [0.15, 0.2) is 0 Å². The molecule has 6 nitrogen and oxygen atoms in total. The highest BCUT2D eigenvalue weighted by Crippen LogP contribution is 2.33. The van der Waals surface area contributed by atoms with Gasteiger partial charge in [-0.2, -0.15) is 4.98 Å². The van der Waals surface area contributed by atoms with Crippen LogP contribution in [0.5, 0.6) is 11.8 Å². The lowest BCUT2D eigenvalue weighted by Gasteiger charge is -2.16. The Labute approximate surface area is 143 Å². The highest BCUT2D eigenvalue weighted by Gasteiger charge is 2.35. The molecular weight excluding hydrogens is 345 g/mol. The topological polar surface area (TPSA) is 72.4 Å². The maximum atomic E-state index is 12.9. The zero-order valence-electron chi connectivity index (χ0n) is 12.8. The van der Waals surface area contributed by atoms with Crippen LogP contribution in [0.15, 0.2) is 65.7 Å². The van der Waals surface area contributed by atoms with Crippen LogP contribution in [0.25, 0.3) is 0 Å². The van der Waals surface area contributed by atoms with Gasteiger partial charge in [0.2, 0.25) is 0 Å². The molecule has 0 N–H and O–H groups in total.